The van der Waals surface area contributed by atoms with Gasteiger partial charge in [-0.1, -0.05) is 17.7 Å². The first-order valence-corrected chi connectivity index (χ1v) is 9.21. The Balaban J connectivity index is 2.01. The van der Waals surface area contributed by atoms with Crippen LogP contribution in [0.4, 0.5) is 10.5 Å². The van der Waals surface area contributed by atoms with E-state index in [4.69, 9.17) is 21.1 Å². The molecule has 2 heterocycles. The van der Waals surface area contributed by atoms with Gasteiger partial charge < -0.3 is 14.4 Å². The number of rotatable bonds is 5. The van der Waals surface area contributed by atoms with E-state index in [1.807, 2.05) is 31.2 Å². The standard InChI is InChI=1S/C18H19BrClN3O3/c1-11-8-13(16(17(19)21-11)26-10-25-3)12-4-5-15(14(20)9-12)23-7-6-22(2)18(23)24/h4-5,8-9H,6-7,10H2,1-3H3. The molecule has 0 radical (unpaired) electrons. The topological polar surface area (TPSA) is 54.9 Å². The molecule has 0 saturated carbocycles. The van der Waals surface area contributed by atoms with Crippen LogP contribution in [-0.2, 0) is 4.74 Å². The molecule has 0 aliphatic carbocycles. The van der Waals surface area contributed by atoms with Crippen molar-refractivity contribution < 1.29 is 14.3 Å². The summed E-state index contributed by atoms with van der Waals surface area (Å²) in [5, 5.41) is 0.509. The first-order chi connectivity index (χ1) is 12.4. The lowest BCUT2D eigenvalue weighted by atomic mass is 10.0. The van der Waals surface area contributed by atoms with Gasteiger partial charge >= 0.3 is 6.03 Å². The maximum Gasteiger partial charge on any atom is 0.324 e. The lowest BCUT2D eigenvalue weighted by molar-refractivity contribution is 0.0506. The van der Waals surface area contributed by atoms with Crippen molar-refractivity contribution in [2.24, 2.45) is 0 Å². The summed E-state index contributed by atoms with van der Waals surface area (Å²) in [6, 6.07) is 7.50. The molecule has 3 rings (SSSR count). The van der Waals surface area contributed by atoms with E-state index in [1.165, 1.54) is 0 Å². The summed E-state index contributed by atoms with van der Waals surface area (Å²) >= 11 is 9.95. The zero-order chi connectivity index (χ0) is 18.8. The summed E-state index contributed by atoms with van der Waals surface area (Å²) in [6.07, 6.45) is 0. The van der Waals surface area contributed by atoms with Crippen LogP contribution in [0.15, 0.2) is 28.9 Å². The number of carbonyl (C=O) groups excluding carboxylic acids is 1. The number of anilines is 1. The first-order valence-electron chi connectivity index (χ1n) is 8.03. The minimum atomic E-state index is -0.0498. The van der Waals surface area contributed by atoms with Crippen molar-refractivity contribution in [1.29, 1.82) is 0 Å². The van der Waals surface area contributed by atoms with Crippen LogP contribution >= 0.6 is 27.5 Å². The predicted molar refractivity (Wildman–Crippen MR) is 105 cm³/mol. The highest BCUT2D eigenvalue weighted by Gasteiger charge is 2.28. The zero-order valence-electron chi connectivity index (χ0n) is 14.8. The molecule has 2 amide bonds. The summed E-state index contributed by atoms with van der Waals surface area (Å²) in [7, 11) is 3.34. The van der Waals surface area contributed by atoms with Gasteiger partial charge in [-0.25, -0.2) is 9.78 Å². The average molecular weight is 441 g/mol. The molecule has 0 spiro atoms. The number of likely N-dealkylation sites (N-methyl/N-ethyl adjacent to an activating group) is 1. The molecule has 0 N–H and O–H groups in total. The average Bonchev–Trinajstić information content (AvgIpc) is 2.93. The Bertz CT molecular complexity index is 847. The van der Waals surface area contributed by atoms with Crippen LogP contribution in [0.25, 0.3) is 11.1 Å². The normalized spacial score (nSPS) is 14.3. The molecular weight excluding hydrogens is 422 g/mol. The fourth-order valence-electron chi connectivity index (χ4n) is 2.86. The molecule has 1 aromatic carbocycles. The van der Waals surface area contributed by atoms with Crippen LogP contribution in [0.1, 0.15) is 5.69 Å². The third-order valence-electron chi connectivity index (χ3n) is 4.15. The third kappa shape index (κ3) is 3.65. The quantitative estimate of drug-likeness (QED) is 0.513. The molecule has 1 saturated heterocycles. The molecule has 8 heteroatoms. The minimum absolute atomic E-state index is 0.0498. The van der Waals surface area contributed by atoms with E-state index < -0.39 is 0 Å². The van der Waals surface area contributed by atoms with E-state index in [2.05, 4.69) is 20.9 Å². The number of aromatic nitrogens is 1. The number of pyridine rings is 1. The van der Waals surface area contributed by atoms with Crippen LogP contribution < -0.4 is 9.64 Å². The van der Waals surface area contributed by atoms with Gasteiger partial charge in [0.2, 0.25) is 0 Å². The Hall–Kier alpha value is -1.83. The summed E-state index contributed by atoms with van der Waals surface area (Å²) < 4.78 is 11.3. The van der Waals surface area contributed by atoms with Crippen molar-refractivity contribution >= 4 is 39.2 Å². The van der Waals surface area contributed by atoms with Gasteiger partial charge in [-0.15, -0.1) is 0 Å². The number of halogens is 2. The molecule has 1 fully saturated rings. The van der Waals surface area contributed by atoms with E-state index in [0.717, 1.165) is 16.8 Å². The molecule has 2 aromatic rings. The molecule has 1 aliphatic heterocycles. The number of nitrogens with zero attached hydrogens (tertiary/aromatic N) is 3. The molecular formula is C18H19BrClN3O3. The van der Waals surface area contributed by atoms with Crippen LogP contribution in [0.3, 0.4) is 0 Å². The van der Waals surface area contributed by atoms with Crippen molar-refractivity contribution in [2.45, 2.75) is 6.92 Å². The lowest BCUT2D eigenvalue weighted by Crippen LogP contribution is -2.29. The molecule has 0 unspecified atom stereocenters. The van der Waals surface area contributed by atoms with Crippen molar-refractivity contribution in [1.82, 2.24) is 9.88 Å². The van der Waals surface area contributed by atoms with E-state index >= 15 is 0 Å². The SMILES string of the molecule is COCOc1c(-c2ccc(N3CCN(C)C3=O)c(Cl)c2)cc(C)nc1Br. The Morgan fingerprint density at radius 3 is 2.69 bits per heavy atom. The second kappa shape index (κ2) is 7.82. The van der Waals surface area contributed by atoms with Gasteiger partial charge in [-0.05, 0) is 46.6 Å². The Morgan fingerprint density at radius 1 is 1.31 bits per heavy atom. The van der Waals surface area contributed by atoms with Gasteiger partial charge in [-0.2, -0.15) is 0 Å². The van der Waals surface area contributed by atoms with Crippen LogP contribution in [0.5, 0.6) is 5.75 Å². The third-order valence-corrected chi connectivity index (χ3v) is 4.99. The van der Waals surface area contributed by atoms with Crippen molar-refractivity contribution in [2.75, 3.05) is 38.9 Å². The van der Waals surface area contributed by atoms with Crippen molar-refractivity contribution in [3.05, 3.63) is 39.6 Å². The highest BCUT2D eigenvalue weighted by molar-refractivity contribution is 9.10. The molecule has 1 aromatic heterocycles. The molecule has 6 nitrogen and oxygen atoms in total. The fourth-order valence-corrected chi connectivity index (χ4v) is 3.75. The molecule has 138 valence electrons. The molecule has 1 aliphatic rings. The maximum atomic E-state index is 12.2. The zero-order valence-corrected chi connectivity index (χ0v) is 17.1. The Labute approximate surface area is 165 Å². The fraction of sp³-hybridized carbons (Fsp3) is 0.333. The van der Waals surface area contributed by atoms with Crippen molar-refractivity contribution in [3.63, 3.8) is 0 Å². The Kier molecular flexibility index (Phi) is 5.70. The molecule has 0 bridgehead atoms. The number of hydrogen-bond donors (Lipinski definition) is 0. The van der Waals surface area contributed by atoms with Gasteiger partial charge in [-0.3, -0.25) is 4.90 Å². The van der Waals surface area contributed by atoms with E-state index in [-0.39, 0.29) is 12.8 Å². The largest absolute Gasteiger partial charge is 0.464 e. The smallest absolute Gasteiger partial charge is 0.324 e. The van der Waals surface area contributed by atoms with Gasteiger partial charge in [0, 0.05) is 38.5 Å². The van der Waals surface area contributed by atoms with Crippen molar-refractivity contribution in [3.8, 4) is 16.9 Å². The van der Waals surface area contributed by atoms with Crippen LogP contribution in [-0.4, -0.2) is 50.0 Å². The first kappa shape index (κ1) is 18.9. The van der Waals surface area contributed by atoms with Gasteiger partial charge in [0.25, 0.3) is 0 Å². The summed E-state index contributed by atoms with van der Waals surface area (Å²) in [5.74, 6) is 0.582. The van der Waals surface area contributed by atoms with E-state index in [0.29, 0.717) is 34.2 Å². The summed E-state index contributed by atoms with van der Waals surface area (Å²) in [6.45, 7) is 3.32. The molecule has 26 heavy (non-hydrogen) atoms. The number of urea groups is 1. The maximum absolute atomic E-state index is 12.2. The summed E-state index contributed by atoms with van der Waals surface area (Å²) in [5.41, 5.74) is 3.26. The Morgan fingerprint density at radius 2 is 2.08 bits per heavy atom. The van der Waals surface area contributed by atoms with Crippen LogP contribution in [0, 0.1) is 6.92 Å². The van der Waals surface area contributed by atoms with E-state index in [1.54, 1.807) is 24.0 Å². The highest BCUT2D eigenvalue weighted by atomic mass is 79.9. The van der Waals surface area contributed by atoms with Gasteiger partial charge in [0.15, 0.2) is 12.5 Å². The van der Waals surface area contributed by atoms with Gasteiger partial charge in [0.05, 0.1) is 10.7 Å². The number of hydrogen-bond acceptors (Lipinski definition) is 4. The number of carbonyl (C=O) groups is 1. The lowest BCUT2D eigenvalue weighted by Gasteiger charge is -2.19. The number of benzene rings is 1. The van der Waals surface area contributed by atoms with E-state index in [9.17, 15) is 4.79 Å². The second-order valence-electron chi connectivity index (χ2n) is 6.00. The number of ether oxygens (including phenoxy) is 2. The minimum Gasteiger partial charge on any atom is -0.464 e. The van der Waals surface area contributed by atoms with Gasteiger partial charge in [0.1, 0.15) is 4.60 Å². The number of methoxy groups -OCH3 is 1. The number of amides is 2. The van der Waals surface area contributed by atoms with Crippen LogP contribution in [0.2, 0.25) is 5.02 Å². The highest BCUT2D eigenvalue weighted by Crippen LogP contribution is 2.39. The molecule has 0 atom stereocenters. The predicted octanol–water partition coefficient (Wildman–Crippen LogP) is 4.33. The number of aryl methyl sites for hydroxylation is 1. The summed E-state index contributed by atoms with van der Waals surface area (Å²) in [4.78, 5) is 20.0. The second-order valence-corrected chi connectivity index (χ2v) is 7.16. The monoisotopic (exact) mass is 439 g/mol.